The second-order valence-electron chi connectivity index (χ2n) is 7.45. The Morgan fingerprint density at radius 1 is 0.941 bits per heavy atom. The van der Waals surface area contributed by atoms with Gasteiger partial charge in [0.15, 0.2) is 11.4 Å². The molecule has 0 radical (unpaired) electrons. The topological polar surface area (TPSA) is 124 Å². The lowest BCUT2D eigenvalue weighted by atomic mass is 10.1. The Balaban J connectivity index is 1.49. The summed E-state index contributed by atoms with van der Waals surface area (Å²) in [6.07, 6.45) is 1.37. The molecule has 0 saturated heterocycles. The van der Waals surface area contributed by atoms with Gasteiger partial charge in [-0.1, -0.05) is 12.1 Å². The number of nitrogens with one attached hydrogen (secondary N) is 2. The number of fused-ring (bicyclic) bond motifs is 1. The van der Waals surface area contributed by atoms with Crippen LogP contribution in [0.15, 0.2) is 71.7 Å². The number of rotatable bonds is 7. The number of ketones is 1. The van der Waals surface area contributed by atoms with Gasteiger partial charge in [-0.05, 0) is 55.5 Å². The van der Waals surface area contributed by atoms with Gasteiger partial charge in [-0.15, -0.1) is 5.10 Å². The maximum absolute atomic E-state index is 12.8. The molecule has 0 saturated carbocycles. The molecule has 0 aliphatic heterocycles. The van der Waals surface area contributed by atoms with Gasteiger partial charge < -0.3 is 15.4 Å². The minimum atomic E-state index is -0.568. The average Bonchev–Trinajstić information content (AvgIpc) is 3.14. The van der Waals surface area contributed by atoms with Crippen molar-refractivity contribution in [1.82, 2.24) is 14.2 Å². The van der Waals surface area contributed by atoms with E-state index in [0.29, 0.717) is 22.7 Å². The Kier molecular flexibility index (Phi) is 6.22. The van der Waals surface area contributed by atoms with Crippen molar-refractivity contribution >= 4 is 34.6 Å². The highest BCUT2D eigenvalue weighted by Crippen LogP contribution is 2.16. The third-order valence-corrected chi connectivity index (χ3v) is 5.03. The molecule has 0 spiro atoms. The lowest BCUT2D eigenvalue weighted by molar-refractivity contribution is -0.117. The van der Waals surface area contributed by atoms with Crippen LogP contribution in [0, 0.1) is 0 Å². The lowest BCUT2D eigenvalue weighted by Crippen LogP contribution is -2.28. The van der Waals surface area contributed by atoms with Gasteiger partial charge in [-0.2, -0.15) is 0 Å². The Bertz CT molecular complexity index is 1450. The van der Waals surface area contributed by atoms with Gasteiger partial charge in [0.25, 0.3) is 5.91 Å². The normalized spacial score (nSPS) is 10.6. The molecule has 2 N–H and O–H groups in total. The molecule has 0 fully saturated rings. The monoisotopic (exact) mass is 459 g/mol. The molecule has 34 heavy (non-hydrogen) atoms. The molecule has 4 aromatic rings. The molecular formula is C24H21N5O5. The molecule has 10 heteroatoms. The number of aromatic nitrogens is 3. The van der Waals surface area contributed by atoms with Gasteiger partial charge in [0, 0.05) is 23.1 Å². The fraction of sp³-hybridized carbons (Fsp3) is 0.125. The van der Waals surface area contributed by atoms with E-state index in [-0.39, 0.29) is 23.5 Å². The standard InChI is InChI=1S/C24H21N5O5/c1-15(30)16-4-3-5-19(12-16)25-22(31)14-29-24(33)28-13-17(6-11-21(28)27-29)23(32)26-18-7-9-20(34-2)10-8-18/h3-13H,14H2,1-2H3,(H,25,31)(H,26,32). The summed E-state index contributed by atoms with van der Waals surface area (Å²) in [6.45, 7) is 1.10. The molecule has 2 heterocycles. The first-order valence-corrected chi connectivity index (χ1v) is 10.3. The van der Waals surface area contributed by atoms with E-state index in [9.17, 15) is 19.2 Å². The SMILES string of the molecule is COc1ccc(NC(=O)c2ccc3nn(CC(=O)Nc4cccc(C(C)=O)c4)c(=O)n3c2)cc1. The molecule has 10 nitrogen and oxygen atoms in total. The minimum absolute atomic E-state index is 0.125. The number of benzene rings is 2. The number of amides is 2. The average molecular weight is 459 g/mol. The fourth-order valence-electron chi connectivity index (χ4n) is 3.29. The van der Waals surface area contributed by atoms with E-state index in [0.717, 1.165) is 4.68 Å². The Morgan fingerprint density at radius 2 is 1.71 bits per heavy atom. The van der Waals surface area contributed by atoms with Gasteiger partial charge in [-0.3, -0.25) is 14.4 Å². The Hall–Kier alpha value is -4.73. The second kappa shape index (κ2) is 9.41. The van der Waals surface area contributed by atoms with Gasteiger partial charge in [0.2, 0.25) is 5.91 Å². The fourth-order valence-corrected chi connectivity index (χ4v) is 3.29. The number of carbonyl (C=O) groups excluding carboxylic acids is 3. The number of ether oxygens (including phenoxy) is 1. The van der Waals surface area contributed by atoms with Crippen molar-refractivity contribution in [2.24, 2.45) is 0 Å². The van der Waals surface area contributed by atoms with Crippen molar-refractivity contribution in [2.75, 3.05) is 17.7 Å². The van der Waals surface area contributed by atoms with E-state index in [1.165, 1.54) is 29.7 Å². The van der Waals surface area contributed by atoms with Gasteiger partial charge in [0.1, 0.15) is 12.3 Å². The number of nitrogens with zero attached hydrogens (tertiary/aromatic N) is 3. The highest BCUT2D eigenvalue weighted by molar-refractivity contribution is 6.04. The maximum Gasteiger partial charge on any atom is 0.350 e. The highest BCUT2D eigenvalue weighted by Gasteiger charge is 2.14. The van der Waals surface area contributed by atoms with Crippen LogP contribution in [0.3, 0.4) is 0 Å². The molecule has 4 rings (SSSR count). The van der Waals surface area contributed by atoms with E-state index < -0.39 is 17.5 Å². The molecule has 2 aromatic heterocycles. The second-order valence-corrected chi connectivity index (χ2v) is 7.45. The number of anilines is 2. The van der Waals surface area contributed by atoms with Crippen molar-refractivity contribution in [1.29, 1.82) is 0 Å². The third-order valence-electron chi connectivity index (χ3n) is 5.03. The van der Waals surface area contributed by atoms with Crippen LogP contribution in [0.25, 0.3) is 5.65 Å². The number of Topliss-reactive ketones (excluding diaryl/α,β-unsaturated/α-hetero) is 1. The molecule has 0 aliphatic rings. The first-order valence-electron chi connectivity index (χ1n) is 10.3. The van der Waals surface area contributed by atoms with E-state index in [1.54, 1.807) is 55.6 Å². The summed E-state index contributed by atoms with van der Waals surface area (Å²) in [5, 5.41) is 9.55. The molecule has 0 atom stereocenters. The summed E-state index contributed by atoms with van der Waals surface area (Å²) in [5.74, 6) is -0.355. The Morgan fingerprint density at radius 3 is 2.41 bits per heavy atom. The van der Waals surface area contributed by atoms with Crippen molar-refractivity contribution in [3.05, 3.63) is 88.5 Å². The van der Waals surface area contributed by atoms with Gasteiger partial charge in [0.05, 0.1) is 12.7 Å². The van der Waals surface area contributed by atoms with Crippen molar-refractivity contribution in [2.45, 2.75) is 13.5 Å². The number of pyridine rings is 1. The van der Waals surface area contributed by atoms with Crippen LogP contribution in [0.1, 0.15) is 27.6 Å². The number of hydrogen-bond donors (Lipinski definition) is 2. The van der Waals surface area contributed by atoms with Crippen LogP contribution in [0.5, 0.6) is 5.75 Å². The van der Waals surface area contributed by atoms with Gasteiger partial charge in [-0.25, -0.2) is 13.9 Å². The van der Waals surface area contributed by atoms with E-state index in [1.807, 2.05) is 0 Å². The summed E-state index contributed by atoms with van der Waals surface area (Å²) in [5.41, 5.74) is 1.43. The largest absolute Gasteiger partial charge is 0.497 e. The van der Waals surface area contributed by atoms with Crippen molar-refractivity contribution in [3.8, 4) is 5.75 Å². The minimum Gasteiger partial charge on any atom is -0.497 e. The third kappa shape index (κ3) is 4.85. The molecule has 0 aliphatic carbocycles. The number of methoxy groups -OCH3 is 1. The summed E-state index contributed by atoms with van der Waals surface area (Å²) < 4.78 is 7.30. The smallest absolute Gasteiger partial charge is 0.350 e. The molecule has 2 aromatic carbocycles. The maximum atomic E-state index is 12.8. The zero-order valence-corrected chi connectivity index (χ0v) is 18.4. The van der Waals surface area contributed by atoms with E-state index >= 15 is 0 Å². The molecule has 2 amide bonds. The summed E-state index contributed by atoms with van der Waals surface area (Å²) >= 11 is 0. The van der Waals surface area contributed by atoms with Crippen LogP contribution in [-0.2, 0) is 11.3 Å². The quantitative estimate of drug-likeness (QED) is 0.410. The van der Waals surface area contributed by atoms with Crippen LogP contribution in [0.2, 0.25) is 0 Å². The lowest BCUT2D eigenvalue weighted by Gasteiger charge is -2.06. The van der Waals surface area contributed by atoms with Crippen LogP contribution < -0.4 is 21.1 Å². The first-order chi connectivity index (χ1) is 16.3. The summed E-state index contributed by atoms with van der Waals surface area (Å²) in [7, 11) is 1.55. The number of hydrogen-bond acceptors (Lipinski definition) is 6. The first kappa shape index (κ1) is 22.5. The summed E-state index contributed by atoms with van der Waals surface area (Å²) in [4.78, 5) is 49.3. The molecular weight excluding hydrogens is 438 g/mol. The zero-order chi connectivity index (χ0) is 24.2. The van der Waals surface area contributed by atoms with Crippen molar-refractivity contribution < 1.29 is 19.1 Å². The van der Waals surface area contributed by atoms with Gasteiger partial charge >= 0.3 is 5.69 Å². The van der Waals surface area contributed by atoms with Crippen LogP contribution in [0.4, 0.5) is 11.4 Å². The number of carbonyl (C=O) groups is 3. The molecule has 0 bridgehead atoms. The van der Waals surface area contributed by atoms with Crippen LogP contribution >= 0.6 is 0 Å². The molecule has 0 unspecified atom stereocenters. The zero-order valence-electron chi connectivity index (χ0n) is 18.4. The Labute approximate surface area is 193 Å². The van der Waals surface area contributed by atoms with Crippen LogP contribution in [-0.4, -0.2) is 38.9 Å². The van der Waals surface area contributed by atoms with E-state index in [4.69, 9.17) is 4.74 Å². The van der Waals surface area contributed by atoms with Crippen molar-refractivity contribution in [3.63, 3.8) is 0 Å². The summed E-state index contributed by atoms with van der Waals surface area (Å²) in [6, 6.07) is 16.4. The predicted octanol–water partition coefficient (Wildman–Crippen LogP) is 2.60. The van der Waals surface area contributed by atoms with E-state index in [2.05, 4.69) is 15.7 Å². The highest BCUT2D eigenvalue weighted by atomic mass is 16.5. The predicted molar refractivity (Wildman–Crippen MR) is 125 cm³/mol. The molecule has 172 valence electrons.